The van der Waals surface area contributed by atoms with E-state index >= 15 is 0 Å². The molecule has 1 aromatic rings. The lowest BCUT2D eigenvalue weighted by molar-refractivity contribution is 0.139. The Hall–Kier alpha value is -1.89. The Morgan fingerprint density at radius 3 is 2.33 bits per heavy atom. The van der Waals surface area contributed by atoms with Crippen LogP contribution in [-0.2, 0) is 0 Å². The van der Waals surface area contributed by atoms with Crippen LogP contribution in [0.1, 0.15) is 12.5 Å². The van der Waals surface area contributed by atoms with Crippen molar-refractivity contribution in [1.29, 1.82) is 0 Å². The van der Waals surface area contributed by atoms with E-state index in [1.165, 1.54) is 38.3 Å². The van der Waals surface area contributed by atoms with Crippen molar-refractivity contribution < 1.29 is 0 Å². The summed E-state index contributed by atoms with van der Waals surface area (Å²) in [4.78, 5) is 14.5. The minimum Gasteiger partial charge on any atom is -0.356 e. The van der Waals surface area contributed by atoms with E-state index in [1.807, 2.05) is 7.05 Å². The largest absolute Gasteiger partial charge is 0.356 e. The van der Waals surface area contributed by atoms with Crippen LogP contribution in [0.15, 0.2) is 41.4 Å². The monoisotopic (exact) mass is 412 g/mol. The van der Waals surface area contributed by atoms with E-state index in [2.05, 4.69) is 86.4 Å². The molecular formula is C24H40N6. The van der Waals surface area contributed by atoms with Crippen molar-refractivity contribution in [2.24, 2.45) is 10.9 Å². The molecule has 2 aliphatic heterocycles. The van der Waals surface area contributed by atoms with Crippen molar-refractivity contribution in [2.45, 2.75) is 6.92 Å². The second kappa shape index (κ2) is 12.1. The quantitative estimate of drug-likeness (QED) is 0.546. The van der Waals surface area contributed by atoms with Gasteiger partial charge in [-0.05, 0) is 18.5 Å². The van der Waals surface area contributed by atoms with Gasteiger partial charge in [0.15, 0.2) is 5.96 Å². The Morgan fingerprint density at radius 1 is 1.00 bits per heavy atom. The summed E-state index contributed by atoms with van der Waals surface area (Å²) in [5.74, 6) is 1.68. The van der Waals surface area contributed by atoms with Gasteiger partial charge in [0.2, 0.25) is 0 Å². The summed E-state index contributed by atoms with van der Waals surface area (Å²) in [6.07, 6.45) is 4.49. The molecule has 0 bridgehead atoms. The molecule has 1 atom stereocenters. The molecule has 0 saturated carbocycles. The normalized spacial score (nSPS) is 21.3. The number of guanidine groups is 1. The minimum absolute atomic E-state index is 0.620. The van der Waals surface area contributed by atoms with Crippen LogP contribution in [-0.4, -0.2) is 112 Å². The highest BCUT2D eigenvalue weighted by molar-refractivity contribution is 5.80. The van der Waals surface area contributed by atoms with Gasteiger partial charge in [-0.25, -0.2) is 0 Å². The van der Waals surface area contributed by atoms with E-state index in [9.17, 15) is 0 Å². The lowest BCUT2D eigenvalue weighted by Crippen LogP contribution is -2.53. The standard InChI is InChI=1S/C24H40N6/c1-22(21-29-14-12-27(3)13-15-29)20-26-24(25-2)30-18-16-28(17-19-30)11-7-10-23-8-5-4-6-9-23/h4-10,22H,11-21H2,1-3H3,(H,25,26)/b10-7+. The van der Waals surface area contributed by atoms with Crippen LogP contribution in [0.2, 0.25) is 0 Å². The number of aliphatic imine (C=N–C) groups is 1. The van der Waals surface area contributed by atoms with Gasteiger partial charge >= 0.3 is 0 Å². The van der Waals surface area contributed by atoms with Crippen molar-refractivity contribution in [3.63, 3.8) is 0 Å². The van der Waals surface area contributed by atoms with Crippen LogP contribution in [0.3, 0.4) is 0 Å². The molecule has 6 heteroatoms. The Morgan fingerprint density at radius 2 is 1.67 bits per heavy atom. The van der Waals surface area contributed by atoms with Crippen molar-refractivity contribution >= 4 is 12.0 Å². The van der Waals surface area contributed by atoms with E-state index < -0.39 is 0 Å². The molecule has 1 unspecified atom stereocenters. The molecule has 2 fully saturated rings. The van der Waals surface area contributed by atoms with Crippen molar-refractivity contribution in [3.8, 4) is 0 Å². The summed E-state index contributed by atoms with van der Waals surface area (Å²) in [6, 6.07) is 10.5. The van der Waals surface area contributed by atoms with Crippen molar-refractivity contribution in [2.75, 3.05) is 86.1 Å². The zero-order chi connectivity index (χ0) is 21.2. The SMILES string of the molecule is CN=C(NCC(C)CN1CCN(C)CC1)N1CCN(C/C=C/c2ccccc2)CC1. The predicted molar refractivity (Wildman–Crippen MR) is 128 cm³/mol. The molecule has 0 spiro atoms. The van der Waals surface area contributed by atoms with Gasteiger partial charge in [-0.15, -0.1) is 0 Å². The molecule has 1 N–H and O–H groups in total. The third kappa shape index (κ3) is 7.42. The van der Waals surface area contributed by atoms with Gasteiger partial charge in [-0.1, -0.05) is 49.4 Å². The molecule has 0 aromatic heterocycles. The fraction of sp³-hybridized carbons (Fsp3) is 0.625. The number of benzene rings is 1. The first-order valence-corrected chi connectivity index (χ1v) is 11.4. The smallest absolute Gasteiger partial charge is 0.193 e. The maximum absolute atomic E-state index is 4.55. The Labute approximate surface area is 183 Å². The Bertz CT molecular complexity index is 658. The first-order chi connectivity index (χ1) is 14.6. The van der Waals surface area contributed by atoms with Crippen LogP contribution >= 0.6 is 0 Å². The lowest BCUT2D eigenvalue weighted by atomic mass is 10.1. The molecule has 0 radical (unpaired) electrons. The van der Waals surface area contributed by atoms with Crippen molar-refractivity contribution in [1.82, 2.24) is 24.9 Å². The van der Waals surface area contributed by atoms with Crippen LogP contribution < -0.4 is 5.32 Å². The summed E-state index contributed by atoms with van der Waals surface area (Å²) in [5, 5.41) is 3.62. The predicted octanol–water partition coefficient (Wildman–Crippen LogP) is 1.78. The fourth-order valence-corrected chi connectivity index (χ4v) is 4.18. The number of hydrogen-bond acceptors (Lipinski definition) is 4. The molecule has 2 aliphatic rings. The number of hydrogen-bond donors (Lipinski definition) is 1. The average molecular weight is 413 g/mol. The van der Waals surface area contributed by atoms with Crippen LogP contribution in [0.5, 0.6) is 0 Å². The lowest BCUT2D eigenvalue weighted by Gasteiger charge is -2.37. The zero-order valence-electron chi connectivity index (χ0n) is 19.1. The number of piperazine rings is 2. The highest BCUT2D eigenvalue weighted by Gasteiger charge is 2.20. The molecule has 166 valence electrons. The molecular weight excluding hydrogens is 372 g/mol. The summed E-state index contributed by atoms with van der Waals surface area (Å²) in [5.41, 5.74) is 1.27. The Balaban J connectivity index is 1.34. The minimum atomic E-state index is 0.620. The van der Waals surface area contributed by atoms with Gasteiger partial charge in [0.1, 0.15) is 0 Å². The van der Waals surface area contributed by atoms with E-state index in [0.29, 0.717) is 5.92 Å². The highest BCUT2D eigenvalue weighted by Crippen LogP contribution is 2.07. The first kappa shape index (κ1) is 22.8. The molecule has 0 aliphatic carbocycles. The summed E-state index contributed by atoms with van der Waals surface area (Å²) in [6.45, 7) is 14.5. The van der Waals surface area contributed by atoms with Gasteiger partial charge in [0.25, 0.3) is 0 Å². The number of likely N-dealkylation sites (N-methyl/N-ethyl adjacent to an activating group) is 1. The maximum atomic E-state index is 4.55. The molecule has 0 amide bonds. The van der Waals surface area contributed by atoms with E-state index in [0.717, 1.165) is 45.2 Å². The van der Waals surface area contributed by atoms with Gasteiger partial charge in [-0.2, -0.15) is 0 Å². The van der Waals surface area contributed by atoms with E-state index in [-0.39, 0.29) is 0 Å². The van der Waals surface area contributed by atoms with Crippen LogP contribution in [0.4, 0.5) is 0 Å². The molecule has 1 aromatic carbocycles. The number of rotatable bonds is 7. The molecule has 2 saturated heterocycles. The zero-order valence-corrected chi connectivity index (χ0v) is 19.1. The molecule has 3 rings (SSSR count). The number of nitrogens with one attached hydrogen (secondary N) is 1. The van der Waals surface area contributed by atoms with Gasteiger partial charge < -0.3 is 20.0 Å². The second-order valence-corrected chi connectivity index (χ2v) is 8.74. The number of nitrogens with zero attached hydrogens (tertiary/aromatic N) is 5. The molecule has 30 heavy (non-hydrogen) atoms. The topological polar surface area (TPSA) is 37.4 Å². The third-order valence-electron chi connectivity index (χ3n) is 6.13. The fourth-order valence-electron chi connectivity index (χ4n) is 4.18. The summed E-state index contributed by atoms with van der Waals surface area (Å²) < 4.78 is 0. The third-order valence-corrected chi connectivity index (χ3v) is 6.13. The second-order valence-electron chi connectivity index (χ2n) is 8.74. The summed E-state index contributed by atoms with van der Waals surface area (Å²) in [7, 11) is 4.12. The highest BCUT2D eigenvalue weighted by atomic mass is 15.3. The van der Waals surface area contributed by atoms with E-state index in [4.69, 9.17) is 0 Å². The van der Waals surface area contributed by atoms with Gasteiger partial charge in [-0.3, -0.25) is 9.89 Å². The van der Waals surface area contributed by atoms with Crippen LogP contribution in [0.25, 0.3) is 6.08 Å². The Kier molecular flexibility index (Phi) is 9.18. The van der Waals surface area contributed by atoms with Crippen molar-refractivity contribution in [3.05, 3.63) is 42.0 Å². The molecule has 6 nitrogen and oxygen atoms in total. The van der Waals surface area contributed by atoms with Gasteiger partial charge in [0.05, 0.1) is 0 Å². The van der Waals surface area contributed by atoms with Gasteiger partial charge in [0, 0.05) is 79.0 Å². The van der Waals surface area contributed by atoms with Crippen LogP contribution in [0, 0.1) is 5.92 Å². The first-order valence-electron chi connectivity index (χ1n) is 11.4. The average Bonchev–Trinajstić information content (AvgIpc) is 2.77. The summed E-state index contributed by atoms with van der Waals surface area (Å²) >= 11 is 0. The maximum Gasteiger partial charge on any atom is 0.193 e. The van der Waals surface area contributed by atoms with E-state index in [1.54, 1.807) is 0 Å². The molecule has 2 heterocycles.